The summed E-state index contributed by atoms with van der Waals surface area (Å²) in [5.74, 6) is 0.197. The first-order chi connectivity index (χ1) is 8.80. The fourth-order valence-electron chi connectivity index (χ4n) is 2.22. The van der Waals surface area contributed by atoms with Crippen molar-refractivity contribution in [3.05, 3.63) is 32.8 Å². The van der Waals surface area contributed by atoms with Crippen molar-refractivity contribution in [3.63, 3.8) is 0 Å². The number of nitro benzene ring substituents is 1. The van der Waals surface area contributed by atoms with Crippen molar-refractivity contribution in [1.82, 2.24) is 0 Å². The Bertz CT molecular complexity index is 617. The van der Waals surface area contributed by atoms with Gasteiger partial charge in [0.25, 0.3) is 5.69 Å². The number of rotatable bonds is 3. The molecule has 0 bridgehead atoms. The van der Waals surface area contributed by atoms with E-state index in [2.05, 4.69) is 15.9 Å². The van der Waals surface area contributed by atoms with E-state index in [0.29, 0.717) is 16.6 Å². The van der Waals surface area contributed by atoms with Crippen molar-refractivity contribution >= 4 is 37.1 Å². The number of halogens is 1. The zero-order valence-electron chi connectivity index (χ0n) is 10.2. The third kappa shape index (κ3) is 3.06. The second-order valence-electron chi connectivity index (χ2n) is 4.56. The van der Waals surface area contributed by atoms with Gasteiger partial charge in [-0.25, -0.2) is 8.42 Å². The topological polar surface area (TPSA) is 80.5 Å². The minimum Gasteiger partial charge on any atom is -0.365 e. The van der Waals surface area contributed by atoms with Gasteiger partial charge in [-0.3, -0.25) is 10.1 Å². The van der Waals surface area contributed by atoms with Gasteiger partial charge < -0.3 is 4.90 Å². The van der Waals surface area contributed by atoms with Gasteiger partial charge in [0.2, 0.25) is 0 Å². The highest BCUT2D eigenvalue weighted by Crippen LogP contribution is 2.33. The molecule has 1 heterocycles. The summed E-state index contributed by atoms with van der Waals surface area (Å²) < 4.78 is 23.6. The molecule has 104 valence electrons. The van der Waals surface area contributed by atoms with Crippen molar-refractivity contribution in [2.45, 2.75) is 12.5 Å². The molecular weight excluding hydrogens is 336 g/mol. The Morgan fingerprint density at radius 3 is 2.68 bits per heavy atom. The van der Waals surface area contributed by atoms with E-state index in [-0.39, 0.29) is 23.2 Å². The second-order valence-corrected chi connectivity index (χ2v) is 7.70. The van der Waals surface area contributed by atoms with Crippen molar-refractivity contribution in [3.8, 4) is 0 Å². The van der Waals surface area contributed by atoms with Crippen LogP contribution in [0.25, 0.3) is 0 Å². The zero-order valence-corrected chi connectivity index (χ0v) is 12.6. The van der Waals surface area contributed by atoms with Gasteiger partial charge in [-0.05, 0) is 18.6 Å². The molecule has 0 amide bonds. The van der Waals surface area contributed by atoms with Crippen LogP contribution >= 0.6 is 15.9 Å². The van der Waals surface area contributed by atoms with Gasteiger partial charge in [-0.15, -0.1) is 0 Å². The summed E-state index contributed by atoms with van der Waals surface area (Å²) in [6.07, 6.45) is 0.506. The van der Waals surface area contributed by atoms with Gasteiger partial charge in [-0.1, -0.05) is 15.9 Å². The summed E-state index contributed by atoms with van der Waals surface area (Å²) in [4.78, 5) is 12.3. The Morgan fingerprint density at radius 2 is 2.16 bits per heavy atom. The predicted molar refractivity (Wildman–Crippen MR) is 76.3 cm³/mol. The minimum absolute atomic E-state index is 0.0267. The Balaban J connectivity index is 2.34. The van der Waals surface area contributed by atoms with Crippen LogP contribution in [-0.2, 0) is 9.84 Å². The zero-order chi connectivity index (χ0) is 14.2. The molecule has 1 aromatic carbocycles. The average molecular weight is 349 g/mol. The lowest BCUT2D eigenvalue weighted by Crippen LogP contribution is -2.32. The van der Waals surface area contributed by atoms with E-state index in [1.54, 1.807) is 24.1 Å². The lowest BCUT2D eigenvalue weighted by Gasteiger charge is -2.25. The van der Waals surface area contributed by atoms with Crippen LogP contribution in [0.4, 0.5) is 11.4 Å². The summed E-state index contributed by atoms with van der Waals surface area (Å²) >= 11 is 3.20. The first-order valence-corrected chi connectivity index (χ1v) is 8.29. The standard InChI is InChI=1S/C11H13BrN2O4S/c1-13(9-4-5-19(17,18)7-9)10-3-2-8(12)6-11(10)14(15)16/h2-3,6,9H,4-5,7H2,1H3. The molecule has 8 heteroatoms. The summed E-state index contributed by atoms with van der Waals surface area (Å²) in [5.41, 5.74) is 0.413. The number of nitrogens with zero attached hydrogens (tertiary/aromatic N) is 2. The smallest absolute Gasteiger partial charge is 0.293 e. The van der Waals surface area contributed by atoms with Gasteiger partial charge in [-0.2, -0.15) is 0 Å². The minimum atomic E-state index is -3.01. The molecule has 0 N–H and O–H groups in total. The molecule has 19 heavy (non-hydrogen) atoms. The molecule has 1 aromatic rings. The quantitative estimate of drug-likeness (QED) is 0.616. The average Bonchev–Trinajstić information content (AvgIpc) is 2.68. The first kappa shape index (κ1) is 14.3. The van der Waals surface area contributed by atoms with E-state index < -0.39 is 14.8 Å². The van der Waals surface area contributed by atoms with Gasteiger partial charge >= 0.3 is 0 Å². The lowest BCUT2D eigenvalue weighted by molar-refractivity contribution is -0.384. The number of nitro groups is 1. The van der Waals surface area contributed by atoms with Crippen LogP contribution in [0, 0.1) is 10.1 Å². The largest absolute Gasteiger partial charge is 0.365 e. The molecule has 0 spiro atoms. The number of hydrogen-bond donors (Lipinski definition) is 0. The van der Waals surface area contributed by atoms with Crippen LogP contribution in [0.2, 0.25) is 0 Å². The van der Waals surface area contributed by atoms with Crippen molar-refractivity contribution in [1.29, 1.82) is 0 Å². The summed E-state index contributed by atoms with van der Waals surface area (Å²) in [6.45, 7) is 0. The van der Waals surface area contributed by atoms with E-state index >= 15 is 0 Å². The molecular formula is C11H13BrN2O4S. The predicted octanol–water partition coefficient (Wildman–Crippen LogP) is 1.98. The molecule has 0 saturated carbocycles. The van der Waals surface area contributed by atoms with Crippen LogP contribution in [0.1, 0.15) is 6.42 Å². The number of sulfone groups is 1. The molecule has 1 saturated heterocycles. The maximum absolute atomic E-state index is 11.5. The second kappa shape index (κ2) is 5.09. The van der Waals surface area contributed by atoms with E-state index in [0.717, 1.165) is 0 Å². The maximum Gasteiger partial charge on any atom is 0.293 e. The molecule has 2 rings (SSSR count). The van der Waals surface area contributed by atoms with E-state index in [1.165, 1.54) is 6.07 Å². The van der Waals surface area contributed by atoms with Gasteiger partial charge in [0.1, 0.15) is 5.69 Å². The van der Waals surface area contributed by atoms with Crippen molar-refractivity contribution < 1.29 is 13.3 Å². The Kier molecular flexibility index (Phi) is 3.82. The van der Waals surface area contributed by atoms with Gasteiger partial charge in [0.15, 0.2) is 9.84 Å². The molecule has 0 aliphatic carbocycles. The van der Waals surface area contributed by atoms with Crippen LogP contribution in [0.5, 0.6) is 0 Å². The highest BCUT2D eigenvalue weighted by atomic mass is 79.9. The Labute approximate surface area is 119 Å². The van der Waals surface area contributed by atoms with Gasteiger partial charge in [0, 0.05) is 23.6 Å². The Morgan fingerprint density at radius 1 is 1.47 bits per heavy atom. The third-order valence-corrected chi connectivity index (χ3v) is 5.51. The number of hydrogen-bond acceptors (Lipinski definition) is 5. The van der Waals surface area contributed by atoms with Crippen LogP contribution in [0.15, 0.2) is 22.7 Å². The third-order valence-electron chi connectivity index (χ3n) is 3.27. The molecule has 1 aliphatic heterocycles. The Hall–Kier alpha value is -1.15. The van der Waals surface area contributed by atoms with Crippen molar-refractivity contribution in [2.24, 2.45) is 0 Å². The van der Waals surface area contributed by atoms with E-state index in [9.17, 15) is 18.5 Å². The molecule has 0 aromatic heterocycles. The monoisotopic (exact) mass is 348 g/mol. The highest BCUT2D eigenvalue weighted by Gasteiger charge is 2.33. The molecule has 6 nitrogen and oxygen atoms in total. The summed E-state index contributed by atoms with van der Waals surface area (Å²) in [7, 11) is -1.31. The maximum atomic E-state index is 11.5. The number of anilines is 1. The molecule has 1 fully saturated rings. The molecule has 0 radical (unpaired) electrons. The van der Waals surface area contributed by atoms with Crippen molar-refractivity contribution in [2.75, 3.05) is 23.5 Å². The van der Waals surface area contributed by atoms with E-state index in [1.807, 2.05) is 0 Å². The normalized spacial score (nSPS) is 21.3. The SMILES string of the molecule is CN(c1ccc(Br)cc1[N+](=O)[O-])C1CCS(=O)(=O)C1. The van der Waals surface area contributed by atoms with Crippen LogP contribution in [-0.4, -0.2) is 37.9 Å². The molecule has 1 aliphatic rings. The lowest BCUT2D eigenvalue weighted by atomic mass is 10.2. The highest BCUT2D eigenvalue weighted by molar-refractivity contribution is 9.10. The summed E-state index contributed by atoms with van der Waals surface area (Å²) in [5, 5.41) is 11.1. The van der Waals surface area contributed by atoms with Gasteiger partial charge in [0.05, 0.1) is 16.4 Å². The number of benzene rings is 1. The first-order valence-electron chi connectivity index (χ1n) is 5.67. The summed E-state index contributed by atoms with van der Waals surface area (Å²) in [6, 6.07) is 4.56. The fourth-order valence-corrected chi connectivity index (χ4v) is 4.34. The van der Waals surface area contributed by atoms with Crippen LogP contribution in [0.3, 0.4) is 0 Å². The molecule has 1 atom stereocenters. The van der Waals surface area contributed by atoms with E-state index in [4.69, 9.17) is 0 Å². The van der Waals surface area contributed by atoms with Crippen LogP contribution < -0.4 is 4.90 Å². The molecule has 1 unspecified atom stereocenters. The fraction of sp³-hybridized carbons (Fsp3) is 0.455.